The van der Waals surface area contributed by atoms with E-state index in [2.05, 4.69) is 10.6 Å². The summed E-state index contributed by atoms with van der Waals surface area (Å²) in [5.74, 6) is 0.922. The summed E-state index contributed by atoms with van der Waals surface area (Å²) in [6, 6.07) is 7.77. The number of hydrogen-bond acceptors (Lipinski definition) is 3. The van der Waals surface area contributed by atoms with Crippen molar-refractivity contribution in [1.82, 2.24) is 10.6 Å². The van der Waals surface area contributed by atoms with Crippen LogP contribution in [0.5, 0.6) is 5.75 Å². The second-order valence-corrected chi connectivity index (χ2v) is 4.65. The molecule has 0 saturated carbocycles. The van der Waals surface area contributed by atoms with Crippen LogP contribution in [0.2, 0.25) is 0 Å². The van der Waals surface area contributed by atoms with E-state index in [-0.39, 0.29) is 18.0 Å². The van der Waals surface area contributed by atoms with Crippen LogP contribution >= 0.6 is 0 Å². The fraction of sp³-hybridized carbons (Fsp3) is 0.500. The van der Waals surface area contributed by atoms with Crippen LogP contribution in [0.15, 0.2) is 24.3 Å². The number of benzene rings is 1. The fourth-order valence-corrected chi connectivity index (χ4v) is 2.20. The van der Waals surface area contributed by atoms with Gasteiger partial charge < -0.3 is 15.4 Å². The minimum absolute atomic E-state index is 0.0193. The molecule has 1 aromatic rings. The minimum atomic E-state index is -0.0225. The normalized spacial score (nSPS) is 20.4. The zero-order valence-corrected chi connectivity index (χ0v) is 10.9. The molecule has 0 aliphatic carbocycles. The molecule has 1 amide bonds. The van der Waals surface area contributed by atoms with E-state index in [1.165, 1.54) is 0 Å². The Hall–Kier alpha value is -1.55. The minimum Gasteiger partial charge on any atom is -0.497 e. The fourth-order valence-electron chi connectivity index (χ4n) is 2.20. The summed E-state index contributed by atoms with van der Waals surface area (Å²) in [7, 11) is 1.64. The zero-order valence-electron chi connectivity index (χ0n) is 10.9. The summed E-state index contributed by atoms with van der Waals surface area (Å²) in [6.45, 7) is 2.93. The Labute approximate surface area is 108 Å². The van der Waals surface area contributed by atoms with Gasteiger partial charge in [-0.25, -0.2) is 0 Å². The van der Waals surface area contributed by atoms with E-state index in [4.69, 9.17) is 4.74 Å². The molecule has 2 N–H and O–H groups in total. The molecule has 1 fully saturated rings. The number of nitrogens with one attached hydrogen (secondary N) is 2. The molecule has 1 aliphatic heterocycles. The predicted molar refractivity (Wildman–Crippen MR) is 70.6 cm³/mol. The van der Waals surface area contributed by atoms with E-state index < -0.39 is 0 Å². The SMILES string of the molecule is COc1ccc(C(C)NC(=O)[C@H]2CCCN2)cc1. The van der Waals surface area contributed by atoms with E-state index in [9.17, 15) is 4.79 Å². The van der Waals surface area contributed by atoms with Crippen LogP contribution in [0.25, 0.3) is 0 Å². The van der Waals surface area contributed by atoms with Crippen LogP contribution in [0.1, 0.15) is 31.4 Å². The molecule has 4 heteroatoms. The molecular formula is C14H20N2O2. The number of hydrogen-bond donors (Lipinski definition) is 2. The van der Waals surface area contributed by atoms with Crippen LogP contribution in [0.3, 0.4) is 0 Å². The average molecular weight is 248 g/mol. The third kappa shape index (κ3) is 3.01. The Bertz CT molecular complexity index is 397. The van der Waals surface area contributed by atoms with Gasteiger partial charge in [0.05, 0.1) is 19.2 Å². The first-order valence-corrected chi connectivity index (χ1v) is 6.38. The number of amides is 1. The Morgan fingerprint density at radius 2 is 2.17 bits per heavy atom. The van der Waals surface area contributed by atoms with Gasteiger partial charge in [-0.1, -0.05) is 12.1 Å². The maximum Gasteiger partial charge on any atom is 0.237 e. The molecule has 1 unspecified atom stereocenters. The van der Waals surface area contributed by atoms with Gasteiger partial charge in [0.1, 0.15) is 5.75 Å². The van der Waals surface area contributed by atoms with E-state index in [1.807, 2.05) is 31.2 Å². The van der Waals surface area contributed by atoms with E-state index in [1.54, 1.807) is 7.11 Å². The van der Waals surface area contributed by atoms with Gasteiger partial charge in [-0.05, 0) is 44.0 Å². The van der Waals surface area contributed by atoms with Gasteiger partial charge in [0.25, 0.3) is 0 Å². The summed E-state index contributed by atoms with van der Waals surface area (Å²) < 4.78 is 5.11. The Morgan fingerprint density at radius 3 is 2.72 bits per heavy atom. The Balaban J connectivity index is 1.93. The van der Waals surface area contributed by atoms with Crippen molar-refractivity contribution < 1.29 is 9.53 Å². The molecule has 0 spiro atoms. The summed E-state index contributed by atoms with van der Waals surface area (Å²) >= 11 is 0. The molecule has 0 bridgehead atoms. The van der Waals surface area contributed by atoms with Crippen molar-refractivity contribution in [1.29, 1.82) is 0 Å². The van der Waals surface area contributed by atoms with Crippen molar-refractivity contribution in [2.45, 2.75) is 31.8 Å². The highest BCUT2D eigenvalue weighted by Gasteiger charge is 2.23. The van der Waals surface area contributed by atoms with Gasteiger partial charge in [-0.3, -0.25) is 4.79 Å². The van der Waals surface area contributed by atoms with Gasteiger partial charge >= 0.3 is 0 Å². The third-order valence-electron chi connectivity index (χ3n) is 3.35. The van der Waals surface area contributed by atoms with Crippen molar-refractivity contribution in [2.24, 2.45) is 0 Å². The van der Waals surface area contributed by atoms with Crippen molar-refractivity contribution >= 4 is 5.91 Å². The number of rotatable bonds is 4. The Kier molecular flexibility index (Phi) is 4.20. The largest absolute Gasteiger partial charge is 0.497 e. The monoisotopic (exact) mass is 248 g/mol. The number of carbonyl (C=O) groups is 1. The first kappa shape index (κ1) is 12.9. The Morgan fingerprint density at radius 1 is 1.44 bits per heavy atom. The molecule has 18 heavy (non-hydrogen) atoms. The second kappa shape index (κ2) is 5.87. The maximum absolute atomic E-state index is 12.0. The summed E-state index contributed by atoms with van der Waals surface area (Å²) in [6.07, 6.45) is 2.01. The number of carbonyl (C=O) groups excluding carboxylic acids is 1. The van der Waals surface area contributed by atoms with E-state index >= 15 is 0 Å². The van der Waals surface area contributed by atoms with Crippen molar-refractivity contribution in [2.75, 3.05) is 13.7 Å². The molecule has 0 aromatic heterocycles. The van der Waals surface area contributed by atoms with Crippen LogP contribution in [-0.4, -0.2) is 25.6 Å². The van der Waals surface area contributed by atoms with Crippen molar-refractivity contribution in [3.05, 3.63) is 29.8 Å². The summed E-state index contributed by atoms with van der Waals surface area (Å²) in [4.78, 5) is 12.0. The lowest BCUT2D eigenvalue weighted by atomic mass is 10.1. The molecule has 0 radical (unpaired) electrons. The topological polar surface area (TPSA) is 50.4 Å². The smallest absolute Gasteiger partial charge is 0.237 e. The lowest BCUT2D eigenvalue weighted by Gasteiger charge is -2.17. The average Bonchev–Trinajstić information content (AvgIpc) is 2.92. The van der Waals surface area contributed by atoms with E-state index in [0.717, 1.165) is 30.7 Å². The number of methoxy groups -OCH3 is 1. The lowest BCUT2D eigenvalue weighted by molar-refractivity contribution is -0.123. The van der Waals surface area contributed by atoms with Gasteiger partial charge in [0.15, 0.2) is 0 Å². The highest BCUT2D eigenvalue weighted by Crippen LogP contribution is 2.17. The zero-order chi connectivity index (χ0) is 13.0. The number of ether oxygens (including phenoxy) is 1. The first-order valence-electron chi connectivity index (χ1n) is 6.38. The maximum atomic E-state index is 12.0. The molecule has 2 rings (SSSR count). The summed E-state index contributed by atoms with van der Waals surface area (Å²) in [5.41, 5.74) is 1.09. The quantitative estimate of drug-likeness (QED) is 0.851. The van der Waals surface area contributed by atoms with Crippen LogP contribution < -0.4 is 15.4 Å². The van der Waals surface area contributed by atoms with Crippen LogP contribution in [0, 0.1) is 0 Å². The molecule has 1 saturated heterocycles. The molecule has 1 aromatic carbocycles. The molecule has 1 aliphatic rings. The highest BCUT2D eigenvalue weighted by atomic mass is 16.5. The van der Waals surface area contributed by atoms with Gasteiger partial charge in [-0.2, -0.15) is 0 Å². The molecular weight excluding hydrogens is 228 g/mol. The van der Waals surface area contributed by atoms with Gasteiger partial charge in [-0.15, -0.1) is 0 Å². The second-order valence-electron chi connectivity index (χ2n) is 4.65. The van der Waals surface area contributed by atoms with Crippen LogP contribution in [-0.2, 0) is 4.79 Å². The van der Waals surface area contributed by atoms with E-state index in [0.29, 0.717) is 0 Å². The van der Waals surface area contributed by atoms with Crippen LogP contribution in [0.4, 0.5) is 0 Å². The predicted octanol–water partition coefficient (Wildman–Crippen LogP) is 1.62. The molecule has 1 heterocycles. The van der Waals surface area contributed by atoms with Crippen molar-refractivity contribution in [3.8, 4) is 5.75 Å². The third-order valence-corrected chi connectivity index (χ3v) is 3.35. The first-order chi connectivity index (χ1) is 8.70. The van der Waals surface area contributed by atoms with Gasteiger partial charge in [0.2, 0.25) is 5.91 Å². The highest BCUT2D eigenvalue weighted by molar-refractivity contribution is 5.82. The van der Waals surface area contributed by atoms with Crippen molar-refractivity contribution in [3.63, 3.8) is 0 Å². The molecule has 98 valence electrons. The standard InChI is InChI=1S/C14H20N2O2/c1-10(11-5-7-12(18-2)8-6-11)16-14(17)13-4-3-9-15-13/h5-8,10,13,15H,3-4,9H2,1-2H3,(H,16,17)/t10?,13-/m1/s1. The molecule has 4 nitrogen and oxygen atoms in total. The summed E-state index contributed by atoms with van der Waals surface area (Å²) in [5, 5.41) is 6.23. The van der Waals surface area contributed by atoms with Gasteiger partial charge in [0, 0.05) is 0 Å². The lowest BCUT2D eigenvalue weighted by Crippen LogP contribution is -2.41. The molecule has 2 atom stereocenters.